The van der Waals surface area contributed by atoms with Gasteiger partial charge in [0.1, 0.15) is 11.6 Å². The zero-order valence-corrected chi connectivity index (χ0v) is 11.7. The molecule has 1 aromatic carbocycles. The summed E-state index contributed by atoms with van der Waals surface area (Å²) in [6.07, 6.45) is 0.569. The minimum atomic E-state index is -0.862. The first-order chi connectivity index (χ1) is 9.47. The predicted octanol–water partition coefficient (Wildman–Crippen LogP) is 2.48. The molecule has 1 N–H and O–H groups in total. The van der Waals surface area contributed by atoms with Crippen LogP contribution in [0.5, 0.6) is 0 Å². The fraction of sp³-hybridized carbons (Fsp3) is 0.267. The molecule has 5 nitrogen and oxygen atoms in total. The molecule has 0 spiro atoms. The third kappa shape index (κ3) is 4.25. The average Bonchev–Trinajstić information content (AvgIpc) is 2.40. The van der Waals surface area contributed by atoms with Gasteiger partial charge in [0, 0.05) is 0 Å². The smallest absolute Gasteiger partial charge is 0.414 e. The van der Waals surface area contributed by atoms with Gasteiger partial charge < -0.3 is 4.74 Å². The van der Waals surface area contributed by atoms with Gasteiger partial charge in [-0.3, -0.25) is 10.1 Å². The second kappa shape index (κ2) is 7.10. The zero-order valence-electron chi connectivity index (χ0n) is 11.7. The van der Waals surface area contributed by atoms with Gasteiger partial charge in [-0.05, 0) is 43.5 Å². The molecule has 0 saturated carbocycles. The van der Waals surface area contributed by atoms with Crippen LogP contribution >= 0.6 is 0 Å². The molecule has 2 amide bonds. The van der Waals surface area contributed by atoms with Crippen LogP contribution in [0.2, 0.25) is 0 Å². The number of nitrogens with one attached hydrogen (secondary N) is 1. The quantitative estimate of drug-likeness (QED) is 0.677. The molecule has 0 aromatic heterocycles. The molecule has 0 bridgehead atoms. The number of alkyl carbamates (subject to hydrolysis) is 1. The van der Waals surface area contributed by atoms with Crippen molar-refractivity contribution in [2.75, 3.05) is 6.61 Å². The second-order valence-electron chi connectivity index (χ2n) is 4.19. The monoisotopic (exact) mass is 272 g/mol. The Morgan fingerprint density at radius 2 is 2.05 bits per heavy atom. The van der Waals surface area contributed by atoms with E-state index in [0.29, 0.717) is 0 Å². The number of carbonyl (C=O) groups excluding carboxylic acids is 2. The van der Waals surface area contributed by atoms with Crippen molar-refractivity contribution < 1.29 is 14.3 Å². The van der Waals surface area contributed by atoms with Gasteiger partial charge in [0.25, 0.3) is 5.91 Å². The number of rotatable bonds is 3. The van der Waals surface area contributed by atoms with Gasteiger partial charge in [-0.1, -0.05) is 18.2 Å². The Bertz CT molecular complexity index is 598. The third-order valence-electron chi connectivity index (χ3n) is 2.70. The number of nitrogens with zero attached hydrogens (tertiary/aromatic N) is 1. The molecule has 5 heteroatoms. The van der Waals surface area contributed by atoms with E-state index in [4.69, 9.17) is 5.26 Å². The number of nitriles is 1. The molecule has 1 aromatic rings. The van der Waals surface area contributed by atoms with Gasteiger partial charge in [0.05, 0.1) is 6.61 Å². The number of imide groups is 1. The lowest BCUT2D eigenvalue weighted by atomic mass is 10.0. The van der Waals surface area contributed by atoms with E-state index in [9.17, 15) is 9.59 Å². The molecule has 0 atom stereocenters. The summed E-state index contributed by atoms with van der Waals surface area (Å²) in [5, 5.41) is 11.0. The molecule has 1 rings (SSSR count). The Labute approximate surface area is 117 Å². The largest absolute Gasteiger partial charge is 0.450 e. The van der Waals surface area contributed by atoms with Crippen molar-refractivity contribution in [3.05, 3.63) is 40.5 Å². The van der Waals surface area contributed by atoms with Crippen LogP contribution in [0, 0.1) is 25.2 Å². The maximum atomic E-state index is 11.7. The van der Waals surface area contributed by atoms with Crippen molar-refractivity contribution in [2.24, 2.45) is 0 Å². The Morgan fingerprint density at radius 3 is 2.60 bits per heavy atom. The Morgan fingerprint density at radius 1 is 1.35 bits per heavy atom. The number of carbonyl (C=O) groups is 2. The lowest BCUT2D eigenvalue weighted by Crippen LogP contribution is -2.31. The molecule has 0 saturated heterocycles. The van der Waals surface area contributed by atoms with Crippen molar-refractivity contribution in [2.45, 2.75) is 20.8 Å². The van der Waals surface area contributed by atoms with E-state index in [1.165, 1.54) is 6.08 Å². The molecule has 104 valence electrons. The van der Waals surface area contributed by atoms with Gasteiger partial charge in [0.2, 0.25) is 0 Å². The van der Waals surface area contributed by atoms with E-state index in [1.807, 2.05) is 31.3 Å². The summed E-state index contributed by atoms with van der Waals surface area (Å²) in [5.41, 5.74) is 2.75. The number of ether oxygens (including phenoxy) is 1. The lowest BCUT2D eigenvalue weighted by molar-refractivity contribution is -0.116. The molecular weight excluding hydrogens is 256 g/mol. The third-order valence-corrected chi connectivity index (χ3v) is 2.70. The van der Waals surface area contributed by atoms with Crippen LogP contribution in [0.4, 0.5) is 4.79 Å². The highest BCUT2D eigenvalue weighted by Gasteiger charge is 2.13. The van der Waals surface area contributed by atoms with Crippen LogP contribution in [-0.2, 0) is 9.53 Å². The van der Waals surface area contributed by atoms with Crippen LogP contribution in [0.25, 0.3) is 6.08 Å². The van der Waals surface area contributed by atoms with Crippen LogP contribution in [0.3, 0.4) is 0 Å². The van der Waals surface area contributed by atoms with E-state index in [1.54, 1.807) is 19.1 Å². The summed E-state index contributed by atoms with van der Waals surface area (Å²) in [5.74, 6) is -0.774. The highest BCUT2D eigenvalue weighted by atomic mass is 16.5. The Kier molecular flexibility index (Phi) is 5.48. The summed E-state index contributed by atoms with van der Waals surface area (Å²) in [6.45, 7) is 5.70. The molecular formula is C15H16N2O3. The van der Waals surface area contributed by atoms with Crippen LogP contribution in [0.15, 0.2) is 23.8 Å². The van der Waals surface area contributed by atoms with Gasteiger partial charge in [0.15, 0.2) is 0 Å². The number of hydrogen-bond acceptors (Lipinski definition) is 4. The topological polar surface area (TPSA) is 79.2 Å². The molecule has 0 unspecified atom stereocenters. The van der Waals surface area contributed by atoms with Crippen LogP contribution in [-0.4, -0.2) is 18.6 Å². The summed E-state index contributed by atoms with van der Waals surface area (Å²) >= 11 is 0. The van der Waals surface area contributed by atoms with Gasteiger partial charge >= 0.3 is 6.09 Å². The van der Waals surface area contributed by atoms with E-state index in [-0.39, 0.29) is 12.2 Å². The standard InChI is InChI=1S/C15H16N2O3/c1-4-20-15(19)17-14(18)13(9-16)8-12-6-5-10(2)11(3)7-12/h5-8H,4H2,1-3H3,(H,17,18,19)/b13-8+. The highest BCUT2D eigenvalue weighted by Crippen LogP contribution is 2.13. The van der Waals surface area contributed by atoms with E-state index >= 15 is 0 Å². The normalized spacial score (nSPS) is 10.6. The number of amides is 2. The van der Waals surface area contributed by atoms with Crippen molar-refractivity contribution in [3.8, 4) is 6.07 Å². The first kappa shape index (κ1) is 15.4. The van der Waals surface area contributed by atoms with Crippen LogP contribution in [0.1, 0.15) is 23.6 Å². The van der Waals surface area contributed by atoms with Gasteiger partial charge in [-0.2, -0.15) is 5.26 Å². The van der Waals surface area contributed by atoms with Crippen molar-refractivity contribution >= 4 is 18.1 Å². The predicted molar refractivity (Wildman–Crippen MR) is 74.7 cm³/mol. The van der Waals surface area contributed by atoms with Crippen LogP contribution < -0.4 is 5.32 Å². The maximum absolute atomic E-state index is 11.7. The second-order valence-corrected chi connectivity index (χ2v) is 4.19. The fourth-order valence-corrected chi connectivity index (χ4v) is 1.50. The summed E-state index contributed by atoms with van der Waals surface area (Å²) in [7, 11) is 0. The molecule has 0 radical (unpaired) electrons. The minimum absolute atomic E-state index is 0.152. The Balaban J connectivity index is 2.92. The first-order valence-electron chi connectivity index (χ1n) is 6.15. The lowest BCUT2D eigenvalue weighted by Gasteiger charge is -2.04. The number of aryl methyl sites for hydroxylation is 2. The molecule has 0 fully saturated rings. The van der Waals surface area contributed by atoms with E-state index in [2.05, 4.69) is 4.74 Å². The van der Waals surface area contributed by atoms with E-state index in [0.717, 1.165) is 16.7 Å². The van der Waals surface area contributed by atoms with Crippen molar-refractivity contribution in [1.29, 1.82) is 5.26 Å². The molecule has 0 aliphatic heterocycles. The Hall–Kier alpha value is -2.61. The zero-order chi connectivity index (χ0) is 15.1. The highest BCUT2D eigenvalue weighted by molar-refractivity contribution is 6.07. The molecule has 0 heterocycles. The van der Waals surface area contributed by atoms with Gasteiger partial charge in [-0.15, -0.1) is 0 Å². The number of benzene rings is 1. The molecule has 0 aliphatic rings. The summed E-state index contributed by atoms with van der Waals surface area (Å²) < 4.78 is 4.58. The fourth-order valence-electron chi connectivity index (χ4n) is 1.50. The summed E-state index contributed by atoms with van der Waals surface area (Å²) in [6, 6.07) is 7.34. The number of hydrogen-bond donors (Lipinski definition) is 1. The molecule has 0 aliphatic carbocycles. The van der Waals surface area contributed by atoms with Crippen molar-refractivity contribution in [3.63, 3.8) is 0 Å². The van der Waals surface area contributed by atoms with Crippen molar-refractivity contribution in [1.82, 2.24) is 5.32 Å². The maximum Gasteiger partial charge on any atom is 0.414 e. The first-order valence-corrected chi connectivity index (χ1v) is 6.15. The minimum Gasteiger partial charge on any atom is -0.450 e. The molecule has 20 heavy (non-hydrogen) atoms. The van der Waals surface area contributed by atoms with E-state index < -0.39 is 12.0 Å². The summed E-state index contributed by atoms with van der Waals surface area (Å²) in [4.78, 5) is 22.8. The SMILES string of the molecule is CCOC(=O)NC(=O)/C(C#N)=C/c1ccc(C)c(C)c1. The van der Waals surface area contributed by atoms with Gasteiger partial charge in [-0.25, -0.2) is 4.79 Å². The average molecular weight is 272 g/mol.